The Kier molecular flexibility index (Phi) is 6.82. The summed E-state index contributed by atoms with van der Waals surface area (Å²) in [6.07, 6.45) is 9.27. The van der Waals surface area contributed by atoms with Crippen molar-refractivity contribution in [1.29, 1.82) is 5.26 Å². The number of rotatable bonds is 6. The van der Waals surface area contributed by atoms with Crippen molar-refractivity contribution in [3.63, 3.8) is 0 Å². The van der Waals surface area contributed by atoms with Crippen molar-refractivity contribution in [1.82, 2.24) is 0 Å². The quantitative estimate of drug-likeness (QED) is 0.399. The molecule has 2 heteroatoms. The maximum absolute atomic E-state index is 14.5. The fourth-order valence-electron chi connectivity index (χ4n) is 4.98. The molecule has 0 radical (unpaired) electrons. The summed E-state index contributed by atoms with van der Waals surface area (Å²) in [6, 6.07) is 23.3. The number of hydrogen-bond donors (Lipinski definition) is 0. The summed E-state index contributed by atoms with van der Waals surface area (Å²) in [6.45, 7) is 2.27. The van der Waals surface area contributed by atoms with E-state index in [2.05, 4.69) is 37.3 Å². The fourth-order valence-corrected chi connectivity index (χ4v) is 4.98. The van der Waals surface area contributed by atoms with Crippen molar-refractivity contribution in [3.05, 3.63) is 83.7 Å². The minimum atomic E-state index is -0.245. The van der Waals surface area contributed by atoms with E-state index >= 15 is 0 Å². The average molecular weight is 412 g/mol. The van der Waals surface area contributed by atoms with Crippen molar-refractivity contribution < 1.29 is 4.39 Å². The minimum absolute atomic E-state index is 0.245. The lowest BCUT2D eigenvalue weighted by atomic mass is 9.77. The smallest absolute Gasteiger partial charge is 0.131 e. The molecule has 3 aromatic carbocycles. The van der Waals surface area contributed by atoms with Crippen molar-refractivity contribution in [3.8, 4) is 28.3 Å². The predicted molar refractivity (Wildman–Crippen MR) is 126 cm³/mol. The van der Waals surface area contributed by atoms with E-state index in [0.29, 0.717) is 17.0 Å². The molecule has 0 aliphatic heterocycles. The van der Waals surface area contributed by atoms with Crippen LogP contribution in [0, 0.1) is 23.1 Å². The highest BCUT2D eigenvalue weighted by molar-refractivity contribution is 5.84. The Morgan fingerprint density at radius 1 is 0.871 bits per heavy atom. The predicted octanol–water partition coefficient (Wildman–Crippen LogP) is 8.50. The Balaban J connectivity index is 1.58. The van der Waals surface area contributed by atoms with E-state index in [-0.39, 0.29) is 5.82 Å². The second-order valence-electron chi connectivity index (χ2n) is 8.83. The maximum atomic E-state index is 14.5. The molecular weight excluding hydrogens is 381 g/mol. The molecule has 1 aliphatic rings. The van der Waals surface area contributed by atoms with Crippen LogP contribution in [0.15, 0.2) is 66.7 Å². The Morgan fingerprint density at radius 3 is 2.29 bits per heavy atom. The summed E-state index contributed by atoms with van der Waals surface area (Å²) in [7, 11) is 0. The van der Waals surface area contributed by atoms with E-state index in [1.54, 1.807) is 18.2 Å². The lowest BCUT2D eigenvalue weighted by Crippen LogP contribution is -2.13. The molecule has 0 unspecified atom stereocenters. The molecule has 1 aliphatic carbocycles. The first-order valence-corrected chi connectivity index (χ1v) is 11.6. The largest absolute Gasteiger partial charge is 0.206 e. The highest BCUT2D eigenvalue weighted by atomic mass is 19.1. The number of hydrogen-bond acceptors (Lipinski definition) is 1. The molecule has 0 amide bonds. The number of benzene rings is 3. The first-order valence-electron chi connectivity index (χ1n) is 11.6. The molecule has 1 saturated carbocycles. The summed E-state index contributed by atoms with van der Waals surface area (Å²) in [5.41, 5.74) is 5.30. The molecule has 0 N–H and O–H groups in total. The number of unbranched alkanes of at least 4 members (excludes halogenated alkanes) is 1. The molecular formula is C29H30FN. The highest BCUT2D eigenvalue weighted by Crippen LogP contribution is 2.39. The highest BCUT2D eigenvalue weighted by Gasteiger charge is 2.22. The van der Waals surface area contributed by atoms with Gasteiger partial charge in [0, 0.05) is 5.56 Å². The van der Waals surface area contributed by atoms with E-state index in [9.17, 15) is 9.65 Å². The number of halogens is 1. The zero-order valence-electron chi connectivity index (χ0n) is 18.3. The standard InChI is InChI=1S/C29H30FN/c1-2-3-6-21-9-12-23(13-10-21)24-14-16-25(17-15-24)28-19-22(20-31)11-18-26(28)27-7-4-5-8-29(27)30/h4-5,7-8,11,14-19,21,23H,2-3,6,9-10,12-13H2,1H3. The SMILES string of the molecule is CCCCC1CCC(c2ccc(-c3cc(C#N)ccc3-c3ccccc3F)cc2)CC1. The van der Waals surface area contributed by atoms with E-state index in [4.69, 9.17) is 0 Å². The van der Waals surface area contributed by atoms with E-state index in [0.717, 1.165) is 22.6 Å². The summed E-state index contributed by atoms with van der Waals surface area (Å²) >= 11 is 0. The molecule has 0 heterocycles. The van der Waals surface area contributed by atoms with Crippen LogP contribution in [0.3, 0.4) is 0 Å². The molecule has 31 heavy (non-hydrogen) atoms. The van der Waals surface area contributed by atoms with Crippen LogP contribution >= 0.6 is 0 Å². The summed E-state index contributed by atoms with van der Waals surface area (Å²) < 4.78 is 14.5. The van der Waals surface area contributed by atoms with Crippen LogP contribution in [-0.2, 0) is 0 Å². The van der Waals surface area contributed by atoms with Gasteiger partial charge in [-0.2, -0.15) is 5.26 Å². The first kappa shape index (κ1) is 21.3. The van der Waals surface area contributed by atoms with E-state index in [1.165, 1.54) is 56.6 Å². The summed E-state index contributed by atoms with van der Waals surface area (Å²) in [5, 5.41) is 9.39. The van der Waals surface area contributed by atoms with Crippen LogP contribution in [0.25, 0.3) is 22.3 Å². The van der Waals surface area contributed by atoms with Crippen molar-refractivity contribution in [2.75, 3.05) is 0 Å². The zero-order chi connectivity index (χ0) is 21.6. The van der Waals surface area contributed by atoms with Gasteiger partial charge in [0.15, 0.2) is 0 Å². The molecule has 0 spiro atoms. The number of nitriles is 1. The zero-order valence-corrected chi connectivity index (χ0v) is 18.3. The summed E-state index contributed by atoms with van der Waals surface area (Å²) in [5.74, 6) is 1.31. The molecule has 3 aromatic rings. The monoisotopic (exact) mass is 411 g/mol. The minimum Gasteiger partial charge on any atom is -0.206 e. The van der Waals surface area contributed by atoms with E-state index < -0.39 is 0 Å². The topological polar surface area (TPSA) is 23.8 Å². The van der Waals surface area contributed by atoms with Gasteiger partial charge in [0.05, 0.1) is 11.6 Å². The molecule has 1 nitrogen and oxygen atoms in total. The molecule has 158 valence electrons. The van der Waals surface area contributed by atoms with Crippen LogP contribution in [0.1, 0.15) is 68.9 Å². The first-order chi connectivity index (χ1) is 15.2. The Morgan fingerprint density at radius 2 is 1.61 bits per heavy atom. The van der Waals surface area contributed by atoms with Gasteiger partial charge in [0.25, 0.3) is 0 Å². The third-order valence-electron chi connectivity index (χ3n) is 6.82. The van der Waals surface area contributed by atoms with Crippen LogP contribution in [-0.4, -0.2) is 0 Å². The fraction of sp³-hybridized carbons (Fsp3) is 0.345. The molecule has 0 atom stereocenters. The van der Waals surface area contributed by atoms with Crippen molar-refractivity contribution >= 4 is 0 Å². The second kappa shape index (κ2) is 9.92. The third-order valence-corrected chi connectivity index (χ3v) is 6.82. The average Bonchev–Trinajstić information content (AvgIpc) is 2.83. The third kappa shape index (κ3) is 4.88. The second-order valence-corrected chi connectivity index (χ2v) is 8.83. The Hall–Kier alpha value is -2.92. The summed E-state index contributed by atoms with van der Waals surface area (Å²) in [4.78, 5) is 0. The van der Waals surface area contributed by atoms with Gasteiger partial charge in [-0.15, -0.1) is 0 Å². The molecule has 0 aromatic heterocycles. The number of nitrogens with zero attached hydrogens (tertiary/aromatic N) is 1. The van der Waals surface area contributed by atoms with Gasteiger partial charge in [-0.3, -0.25) is 0 Å². The van der Waals surface area contributed by atoms with Crippen molar-refractivity contribution in [2.24, 2.45) is 5.92 Å². The molecule has 0 saturated heterocycles. The van der Waals surface area contributed by atoms with Crippen LogP contribution in [0.2, 0.25) is 0 Å². The Labute approximate surface area is 185 Å². The molecule has 1 fully saturated rings. The van der Waals surface area contributed by atoms with Gasteiger partial charge in [0.2, 0.25) is 0 Å². The van der Waals surface area contributed by atoms with Gasteiger partial charge < -0.3 is 0 Å². The van der Waals surface area contributed by atoms with Crippen LogP contribution in [0.4, 0.5) is 4.39 Å². The van der Waals surface area contributed by atoms with Gasteiger partial charge in [0.1, 0.15) is 5.82 Å². The van der Waals surface area contributed by atoms with Crippen molar-refractivity contribution in [2.45, 2.75) is 57.8 Å². The maximum Gasteiger partial charge on any atom is 0.131 e. The molecule has 0 bridgehead atoms. The van der Waals surface area contributed by atoms with E-state index in [1.807, 2.05) is 18.2 Å². The molecule has 4 rings (SSSR count). The van der Waals surface area contributed by atoms with Gasteiger partial charge in [-0.05, 0) is 78.0 Å². The van der Waals surface area contributed by atoms with Gasteiger partial charge in [-0.25, -0.2) is 4.39 Å². The normalized spacial score (nSPS) is 18.5. The Bertz CT molecular complexity index is 1050. The lowest BCUT2D eigenvalue weighted by molar-refractivity contribution is 0.304. The van der Waals surface area contributed by atoms with Crippen LogP contribution in [0.5, 0.6) is 0 Å². The van der Waals surface area contributed by atoms with Gasteiger partial charge in [-0.1, -0.05) is 74.7 Å². The van der Waals surface area contributed by atoms with Crippen LogP contribution < -0.4 is 0 Å². The lowest BCUT2D eigenvalue weighted by Gasteiger charge is -2.29. The van der Waals surface area contributed by atoms with Gasteiger partial charge >= 0.3 is 0 Å².